The molecule has 0 aliphatic rings. The van der Waals surface area contributed by atoms with Gasteiger partial charge in [0.2, 0.25) is 0 Å². The lowest BCUT2D eigenvalue weighted by Crippen LogP contribution is -2.18. The van der Waals surface area contributed by atoms with Crippen LogP contribution in [0.5, 0.6) is 0 Å². The van der Waals surface area contributed by atoms with Gasteiger partial charge in [0, 0.05) is 29.1 Å². The number of benzene rings is 2. The number of Topliss-reactive ketones (excluding diaryl/α,β-unsaturated/α-hetero) is 1. The molecule has 0 aliphatic heterocycles. The molecule has 2 aromatic rings. The number of carbonyl (C=O) groups excluding carboxylic acids is 2. The Kier molecular flexibility index (Phi) is 5.88. The summed E-state index contributed by atoms with van der Waals surface area (Å²) in [6, 6.07) is 10.4. The molecule has 0 aromatic heterocycles. The highest BCUT2D eigenvalue weighted by Crippen LogP contribution is 2.27. The molecule has 0 saturated carbocycles. The van der Waals surface area contributed by atoms with E-state index in [1.54, 1.807) is 25.1 Å². The number of rotatable bonds is 6. The molecule has 1 unspecified atom stereocenters. The van der Waals surface area contributed by atoms with Gasteiger partial charge in [-0.2, -0.15) is 0 Å². The lowest BCUT2D eigenvalue weighted by atomic mass is 9.90. The van der Waals surface area contributed by atoms with Crippen LogP contribution in [0.25, 0.3) is 0 Å². The van der Waals surface area contributed by atoms with Gasteiger partial charge in [-0.15, -0.1) is 0 Å². The van der Waals surface area contributed by atoms with Crippen molar-refractivity contribution in [2.24, 2.45) is 0 Å². The average Bonchev–Trinajstić information content (AvgIpc) is 2.58. The highest BCUT2D eigenvalue weighted by atomic mass is 35.5. The summed E-state index contributed by atoms with van der Waals surface area (Å²) >= 11 is 5.90. The van der Waals surface area contributed by atoms with Crippen LogP contribution in [-0.2, 0) is 9.53 Å². The topological polar surface area (TPSA) is 86.5 Å². The highest BCUT2D eigenvalue weighted by molar-refractivity contribution is 6.30. The lowest BCUT2D eigenvalue weighted by molar-refractivity contribution is -0.384. The number of halogens is 1. The predicted octanol–water partition coefficient (Wildman–Crippen LogP) is 4.09. The summed E-state index contributed by atoms with van der Waals surface area (Å²) in [5.41, 5.74) is 1.58. The Bertz CT molecular complexity index is 817. The first-order valence-corrected chi connectivity index (χ1v) is 7.82. The molecule has 25 heavy (non-hydrogen) atoms. The van der Waals surface area contributed by atoms with Crippen molar-refractivity contribution in [2.45, 2.75) is 19.3 Å². The minimum Gasteiger partial charge on any atom is -0.469 e. The van der Waals surface area contributed by atoms with Crippen molar-refractivity contribution in [3.8, 4) is 0 Å². The first-order valence-electron chi connectivity index (χ1n) is 7.45. The second-order valence-electron chi connectivity index (χ2n) is 5.51. The quantitative estimate of drug-likeness (QED) is 0.335. The fourth-order valence-electron chi connectivity index (χ4n) is 2.54. The standard InChI is InChI=1S/C18H16ClNO5/c1-11-9-13(19)5-8-15(11)17(21)10-16(18(22)25-2)12-3-6-14(7-4-12)20(23)24/h3-9,16H,10H2,1-2H3. The lowest BCUT2D eigenvalue weighted by Gasteiger charge is -2.15. The Labute approximate surface area is 149 Å². The molecular formula is C18H16ClNO5. The van der Waals surface area contributed by atoms with Gasteiger partial charge in [0.25, 0.3) is 5.69 Å². The molecule has 0 saturated heterocycles. The van der Waals surface area contributed by atoms with Gasteiger partial charge in [-0.3, -0.25) is 19.7 Å². The van der Waals surface area contributed by atoms with E-state index < -0.39 is 16.8 Å². The van der Waals surface area contributed by atoms with Crippen molar-refractivity contribution in [3.63, 3.8) is 0 Å². The van der Waals surface area contributed by atoms with Crippen molar-refractivity contribution >= 4 is 29.0 Å². The Balaban J connectivity index is 2.30. The van der Waals surface area contributed by atoms with Gasteiger partial charge in [0.05, 0.1) is 18.0 Å². The summed E-state index contributed by atoms with van der Waals surface area (Å²) < 4.78 is 4.78. The third-order valence-corrected chi connectivity index (χ3v) is 4.11. The molecule has 0 heterocycles. The van der Waals surface area contributed by atoms with Gasteiger partial charge in [0.1, 0.15) is 0 Å². The van der Waals surface area contributed by atoms with Crippen LogP contribution >= 0.6 is 11.6 Å². The van der Waals surface area contributed by atoms with Crippen LogP contribution in [0, 0.1) is 17.0 Å². The van der Waals surface area contributed by atoms with Crippen LogP contribution in [0.3, 0.4) is 0 Å². The summed E-state index contributed by atoms with van der Waals surface area (Å²) in [5, 5.41) is 11.3. The number of non-ortho nitro benzene ring substituents is 1. The number of ether oxygens (including phenoxy) is 1. The summed E-state index contributed by atoms with van der Waals surface area (Å²) in [5.74, 6) is -1.65. The zero-order valence-electron chi connectivity index (χ0n) is 13.7. The van der Waals surface area contributed by atoms with E-state index in [-0.39, 0.29) is 17.9 Å². The molecular weight excluding hydrogens is 346 g/mol. The number of nitro groups is 1. The minimum absolute atomic E-state index is 0.0905. The predicted molar refractivity (Wildman–Crippen MR) is 93.0 cm³/mol. The molecule has 130 valence electrons. The largest absolute Gasteiger partial charge is 0.469 e. The smallest absolute Gasteiger partial charge is 0.313 e. The third kappa shape index (κ3) is 4.42. The second-order valence-corrected chi connectivity index (χ2v) is 5.95. The van der Waals surface area contributed by atoms with Crippen molar-refractivity contribution in [3.05, 3.63) is 74.3 Å². The molecule has 0 radical (unpaired) electrons. The SMILES string of the molecule is COC(=O)C(CC(=O)c1ccc(Cl)cc1C)c1ccc([N+](=O)[O-])cc1. The maximum Gasteiger partial charge on any atom is 0.313 e. The minimum atomic E-state index is -0.839. The summed E-state index contributed by atoms with van der Waals surface area (Å²) in [6.45, 7) is 1.76. The molecule has 7 heteroatoms. The Morgan fingerprint density at radius 1 is 1.20 bits per heavy atom. The Morgan fingerprint density at radius 2 is 1.84 bits per heavy atom. The van der Waals surface area contributed by atoms with Crippen molar-refractivity contribution in [1.82, 2.24) is 0 Å². The van der Waals surface area contributed by atoms with E-state index in [1.807, 2.05) is 0 Å². The molecule has 6 nitrogen and oxygen atoms in total. The summed E-state index contributed by atoms with van der Waals surface area (Å²) in [6.07, 6.45) is -0.104. The van der Waals surface area contributed by atoms with E-state index in [0.29, 0.717) is 21.7 Å². The molecule has 0 amide bonds. The van der Waals surface area contributed by atoms with Crippen LogP contribution < -0.4 is 0 Å². The van der Waals surface area contributed by atoms with Crippen molar-refractivity contribution in [1.29, 1.82) is 0 Å². The average molecular weight is 362 g/mol. The summed E-state index contributed by atoms with van der Waals surface area (Å²) in [4.78, 5) is 34.9. The zero-order chi connectivity index (χ0) is 18.6. The highest BCUT2D eigenvalue weighted by Gasteiger charge is 2.26. The van der Waals surface area contributed by atoms with E-state index >= 15 is 0 Å². The van der Waals surface area contributed by atoms with Crippen LogP contribution in [0.15, 0.2) is 42.5 Å². The molecule has 0 spiro atoms. The fourth-order valence-corrected chi connectivity index (χ4v) is 2.77. The normalized spacial score (nSPS) is 11.6. The summed E-state index contributed by atoms with van der Waals surface area (Å²) in [7, 11) is 1.23. The van der Waals surface area contributed by atoms with E-state index in [4.69, 9.17) is 16.3 Å². The van der Waals surface area contributed by atoms with Crippen LogP contribution in [0.1, 0.15) is 33.8 Å². The van der Waals surface area contributed by atoms with Gasteiger partial charge in [-0.05, 0) is 36.2 Å². The first-order chi connectivity index (χ1) is 11.8. The fraction of sp³-hybridized carbons (Fsp3) is 0.222. The van der Waals surface area contributed by atoms with Crippen LogP contribution in [0.2, 0.25) is 5.02 Å². The number of nitro benzene ring substituents is 1. The number of aryl methyl sites for hydroxylation is 1. The molecule has 2 aromatic carbocycles. The second kappa shape index (κ2) is 7.90. The number of hydrogen-bond acceptors (Lipinski definition) is 5. The maximum atomic E-state index is 12.6. The third-order valence-electron chi connectivity index (χ3n) is 3.87. The van der Waals surface area contributed by atoms with Gasteiger partial charge >= 0.3 is 5.97 Å². The van der Waals surface area contributed by atoms with E-state index in [0.717, 1.165) is 0 Å². The Hall–Kier alpha value is -2.73. The number of ketones is 1. The van der Waals surface area contributed by atoms with Gasteiger partial charge in [0.15, 0.2) is 5.78 Å². The Morgan fingerprint density at radius 3 is 2.36 bits per heavy atom. The van der Waals surface area contributed by atoms with Crippen LogP contribution in [0.4, 0.5) is 5.69 Å². The monoisotopic (exact) mass is 361 g/mol. The van der Waals surface area contributed by atoms with E-state index in [9.17, 15) is 19.7 Å². The zero-order valence-corrected chi connectivity index (χ0v) is 14.4. The van der Waals surface area contributed by atoms with Crippen molar-refractivity contribution < 1.29 is 19.2 Å². The van der Waals surface area contributed by atoms with Crippen LogP contribution in [-0.4, -0.2) is 23.8 Å². The number of carbonyl (C=O) groups is 2. The number of methoxy groups -OCH3 is 1. The van der Waals surface area contributed by atoms with Gasteiger partial charge < -0.3 is 4.74 Å². The molecule has 0 bridgehead atoms. The number of esters is 1. The number of hydrogen-bond donors (Lipinski definition) is 0. The molecule has 1 atom stereocenters. The van der Waals surface area contributed by atoms with Crippen molar-refractivity contribution in [2.75, 3.05) is 7.11 Å². The molecule has 2 rings (SSSR count). The maximum absolute atomic E-state index is 12.6. The van der Waals surface area contributed by atoms with E-state index in [1.165, 1.54) is 31.4 Å². The first kappa shape index (κ1) is 18.6. The molecule has 0 fully saturated rings. The molecule has 0 aliphatic carbocycles. The van der Waals surface area contributed by atoms with Gasteiger partial charge in [-0.1, -0.05) is 23.7 Å². The van der Waals surface area contributed by atoms with Gasteiger partial charge in [-0.25, -0.2) is 0 Å². The number of nitrogens with zero attached hydrogens (tertiary/aromatic N) is 1. The molecule has 0 N–H and O–H groups in total. The van der Waals surface area contributed by atoms with E-state index in [2.05, 4.69) is 0 Å².